The minimum atomic E-state index is -3.42. The van der Waals surface area contributed by atoms with Crippen molar-refractivity contribution < 1.29 is 13.2 Å². The fraction of sp³-hybridized carbons (Fsp3) is 0.533. The third-order valence-electron chi connectivity index (χ3n) is 3.89. The van der Waals surface area contributed by atoms with Crippen LogP contribution in [0.4, 0.5) is 4.79 Å². The highest BCUT2D eigenvalue weighted by Gasteiger charge is 2.20. The van der Waals surface area contributed by atoms with Crippen molar-refractivity contribution in [1.82, 2.24) is 14.9 Å². The Morgan fingerprint density at radius 1 is 1.32 bits per heavy atom. The van der Waals surface area contributed by atoms with E-state index in [9.17, 15) is 13.2 Å². The first-order valence-corrected chi connectivity index (χ1v) is 8.96. The van der Waals surface area contributed by atoms with E-state index in [-0.39, 0.29) is 10.9 Å². The van der Waals surface area contributed by atoms with Crippen LogP contribution in [0, 0.1) is 5.92 Å². The van der Waals surface area contributed by atoms with E-state index in [1.165, 1.54) is 25.6 Å². The third kappa shape index (κ3) is 4.20. The van der Waals surface area contributed by atoms with Crippen molar-refractivity contribution in [3.8, 4) is 0 Å². The zero-order valence-corrected chi connectivity index (χ0v) is 13.8. The molecule has 1 saturated heterocycles. The number of nitrogens with zero attached hydrogens (tertiary/aromatic N) is 1. The van der Waals surface area contributed by atoms with Crippen molar-refractivity contribution in [3.63, 3.8) is 0 Å². The highest BCUT2D eigenvalue weighted by atomic mass is 32.2. The molecule has 7 heteroatoms. The summed E-state index contributed by atoms with van der Waals surface area (Å²) in [6, 6.07) is 6.44. The third-order valence-corrected chi connectivity index (χ3v) is 5.32. The molecule has 0 unspecified atom stereocenters. The summed E-state index contributed by atoms with van der Waals surface area (Å²) in [6.07, 6.45) is 2.22. The Bertz CT molecular complexity index is 613. The Morgan fingerprint density at radius 2 is 2.00 bits per heavy atom. The van der Waals surface area contributed by atoms with E-state index in [1.807, 2.05) is 4.90 Å². The van der Waals surface area contributed by atoms with Gasteiger partial charge in [0.05, 0.1) is 4.90 Å². The zero-order chi connectivity index (χ0) is 16.2. The Labute approximate surface area is 131 Å². The molecule has 0 spiro atoms. The van der Waals surface area contributed by atoms with E-state index in [2.05, 4.69) is 17.0 Å². The summed E-state index contributed by atoms with van der Waals surface area (Å²) < 4.78 is 25.5. The van der Waals surface area contributed by atoms with Crippen molar-refractivity contribution in [1.29, 1.82) is 0 Å². The topological polar surface area (TPSA) is 78.5 Å². The average molecular weight is 325 g/mol. The fourth-order valence-corrected chi connectivity index (χ4v) is 3.30. The summed E-state index contributed by atoms with van der Waals surface area (Å²) in [7, 11) is -2.04. The molecule has 1 aliphatic heterocycles. The Morgan fingerprint density at radius 3 is 2.59 bits per heavy atom. The van der Waals surface area contributed by atoms with Crippen LogP contribution >= 0.6 is 0 Å². The molecule has 1 fully saturated rings. The molecular formula is C15H23N3O3S. The number of urea groups is 1. The predicted molar refractivity (Wildman–Crippen MR) is 84.9 cm³/mol. The molecule has 22 heavy (non-hydrogen) atoms. The lowest BCUT2D eigenvalue weighted by Crippen LogP contribution is -2.44. The number of carbonyl (C=O) groups is 1. The zero-order valence-electron chi connectivity index (χ0n) is 13.0. The second-order valence-corrected chi connectivity index (χ2v) is 7.59. The van der Waals surface area contributed by atoms with Gasteiger partial charge in [-0.3, -0.25) is 0 Å². The molecule has 0 aliphatic carbocycles. The highest BCUT2D eigenvalue weighted by molar-refractivity contribution is 7.89. The fourth-order valence-electron chi connectivity index (χ4n) is 2.57. The van der Waals surface area contributed by atoms with Gasteiger partial charge in [-0.25, -0.2) is 17.9 Å². The molecule has 1 atom stereocenters. The summed E-state index contributed by atoms with van der Waals surface area (Å²) in [5.74, 6) is 0.547. The van der Waals surface area contributed by atoms with Gasteiger partial charge in [0.15, 0.2) is 0 Å². The number of nitrogens with one attached hydrogen (secondary N) is 2. The molecule has 2 amide bonds. The van der Waals surface area contributed by atoms with E-state index in [0.29, 0.717) is 12.5 Å². The summed E-state index contributed by atoms with van der Waals surface area (Å²) in [5.41, 5.74) is 0.869. The smallest absolute Gasteiger partial charge is 0.317 e. The van der Waals surface area contributed by atoms with Crippen molar-refractivity contribution in [3.05, 3.63) is 29.8 Å². The number of likely N-dealkylation sites (tertiary alicyclic amines) is 1. The molecule has 122 valence electrons. The number of carbonyl (C=O) groups excluding carboxylic acids is 1. The van der Waals surface area contributed by atoms with Crippen LogP contribution in [-0.4, -0.2) is 39.5 Å². The van der Waals surface area contributed by atoms with Crippen LogP contribution in [0.5, 0.6) is 0 Å². The minimum absolute atomic E-state index is 0.0570. The Kier molecular flexibility index (Phi) is 5.42. The van der Waals surface area contributed by atoms with E-state index >= 15 is 0 Å². The maximum atomic E-state index is 12.1. The molecule has 1 aliphatic rings. The van der Waals surface area contributed by atoms with Crippen LogP contribution in [-0.2, 0) is 16.6 Å². The molecule has 2 rings (SSSR count). The highest BCUT2D eigenvalue weighted by Crippen LogP contribution is 2.15. The second-order valence-electron chi connectivity index (χ2n) is 5.70. The predicted octanol–water partition coefficient (Wildman–Crippen LogP) is 1.54. The lowest BCUT2D eigenvalue weighted by Gasteiger charge is -2.30. The molecule has 1 heterocycles. The van der Waals surface area contributed by atoms with Gasteiger partial charge < -0.3 is 10.2 Å². The molecule has 0 bridgehead atoms. The normalized spacial score (nSPS) is 19.0. The number of sulfonamides is 1. The summed E-state index contributed by atoms with van der Waals surface area (Å²) in [5, 5.41) is 2.88. The number of piperidine rings is 1. The van der Waals surface area contributed by atoms with Gasteiger partial charge in [0.2, 0.25) is 10.0 Å². The van der Waals surface area contributed by atoms with Gasteiger partial charge in [0.25, 0.3) is 0 Å². The molecule has 1 aromatic rings. The first-order chi connectivity index (χ1) is 10.4. The first-order valence-electron chi connectivity index (χ1n) is 7.47. The summed E-state index contributed by atoms with van der Waals surface area (Å²) >= 11 is 0. The molecule has 1 aromatic carbocycles. The monoisotopic (exact) mass is 325 g/mol. The van der Waals surface area contributed by atoms with Gasteiger partial charge in [-0.2, -0.15) is 0 Å². The van der Waals surface area contributed by atoms with Crippen LogP contribution in [0.2, 0.25) is 0 Å². The van der Waals surface area contributed by atoms with Crippen molar-refractivity contribution in [2.75, 3.05) is 20.1 Å². The van der Waals surface area contributed by atoms with Crippen molar-refractivity contribution in [2.24, 2.45) is 5.92 Å². The SMILES string of the molecule is CNS(=O)(=O)c1ccc(CNC(=O)N2CCC[C@H](C)C2)cc1. The van der Waals surface area contributed by atoms with Gasteiger partial charge in [-0.15, -0.1) is 0 Å². The van der Waals surface area contributed by atoms with E-state index < -0.39 is 10.0 Å². The number of amides is 2. The maximum Gasteiger partial charge on any atom is 0.317 e. The van der Waals surface area contributed by atoms with Crippen LogP contribution < -0.4 is 10.0 Å². The van der Waals surface area contributed by atoms with Crippen molar-refractivity contribution >= 4 is 16.1 Å². The van der Waals surface area contributed by atoms with Crippen LogP contribution in [0.1, 0.15) is 25.3 Å². The number of benzene rings is 1. The number of rotatable bonds is 4. The Hall–Kier alpha value is -1.60. The van der Waals surface area contributed by atoms with E-state index in [4.69, 9.17) is 0 Å². The van der Waals surface area contributed by atoms with Crippen molar-refractivity contribution in [2.45, 2.75) is 31.2 Å². The second kappa shape index (κ2) is 7.11. The lowest BCUT2D eigenvalue weighted by molar-refractivity contribution is 0.169. The minimum Gasteiger partial charge on any atom is -0.334 e. The lowest BCUT2D eigenvalue weighted by atomic mass is 10.0. The molecular weight excluding hydrogens is 302 g/mol. The van der Waals surface area contributed by atoms with Crippen LogP contribution in [0.25, 0.3) is 0 Å². The largest absolute Gasteiger partial charge is 0.334 e. The van der Waals surface area contributed by atoms with E-state index in [1.54, 1.807) is 12.1 Å². The average Bonchev–Trinajstić information content (AvgIpc) is 2.53. The van der Waals surface area contributed by atoms with Gasteiger partial charge in [-0.1, -0.05) is 19.1 Å². The molecule has 2 N–H and O–H groups in total. The standard InChI is InChI=1S/C15H23N3O3S/c1-12-4-3-9-18(11-12)15(19)17-10-13-5-7-14(8-6-13)22(20,21)16-2/h5-8,12,16H,3-4,9-11H2,1-2H3,(H,17,19)/t12-/m0/s1. The number of hydrogen-bond donors (Lipinski definition) is 2. The van der Waals surface area contributed by atoms with Crippen LogP contribution in [0.3, 0.4) is 0 Å². The molecule has 0 aromatic heterocycles. The van der Waals surface area contributed by atoms with Gasteiger partial charge in [0.1, 0.15) is 0 Å². The van der Waals surface area contributed by atoms with Gasteiger partial charge in [0, 0.05) is 19.6 Å². The summed E-state index contributed by atoms with van der Waals surface area (Å²) in [4.78, 5) is 14.2. The Balaban J connectivity index is 1.90. The molecule has 0 radical (unpaired) electrons. The number of hydrogen-bond acceptors (Lipinski definition) is 3. The van der Waals surface area contributed by atoms with Crippen LogP contribution in [0.15, 0.2) is 29.2 Å². The maximum absolute atomic E-state index is 12.1. The molecule has 0 saturated carbocycles. The summed E-state index contributed by atoms with van der Waals surface area (Å²) in [6.45, 7) is 4.14. The van der Waals surface area contributed by atoms with Gasteiger partial charge in [-0.05, 0) is 43.5 Å². The van der Waals surface area contributed by atoms with E-state index in [0.717, 1.165) is 25.1 Å². The quantitative estimate of drug-likeness (QED) is 0.881. The van der Waals surface area contributed by atoms with Gasteiger partial charge >= 0.3 is 6.03 Å². The molecule has 6 nitrogen and oxygen atoms in total. The first kappa shape index (κ1) is 16.8.